The highest BCUT2D eigenvalue weighted by molar-refractivity contribution is 7.22. The van der Waals surface area contributed by atoms with E-state index in [4.69, 9.17) is 23.2 Å². The number of hydrogen-bond donors (Lipinski definition) is 1. The van der Waals surface area contributed by atoms with Gasteiger partial charge in [-0.15, -0.1) is 11.3 Å². The lowest BCUT2D eigenvalue weighted by molar-refractivity contribution is -0.117. The summed E-state index contributed by atoms with van der Waals surface area (Å²) in [7, 11) is 0. The fourth-order valence-electron chi connectivity index (χ4n) is 3.70. The topological polar surface area (TPSA) is 70.5 Å². The zero-order valence-electron chi connectivity index (χ0n) is 16.5. The minimum atomic E-state index is -0.895. The average molecular weight is 501 g/mol. The first-order valence-corrected chi connectivity index (χ1v) is 12.0. The number of thiophene rings is 1. The van der Waals surface area contributed by atoms with E-state index >= 15 is 0 Å². The quantitative estimate of drug-likeness (QED) is 0.314. The van der Waals surface area contributed by atoms with Crippen molar-refractivity contribution in [1.82, 2.24) is 4.98 Å². The molecule has 9 heteroatoms. The first kappa shape index (κ1) is 21.2. The summed E-state index contributed by atoms with van der Waals surface area (Å²) in [5, 5.41) is 13.6. The molecule has 2 aromatic carbocycles. The third-order valence-electron chi connectivity index (χ3n) is 5.20. The summed E-state index contributed by atoms with van der Waals surface area (Å²) in [6, 6.07) is 13.2. The van der Waals surface area contributed by atoms with Gasteiger partial charge in [0.2, 0.25) is 5.78 Å². The van der Waals surface area contributed by atoms with Crippen molar-refractivity contribution >= 4 is 72.9 Å². The Labute approximate surface area is 201 Å². The van der Waals surface area contributed by atoms with Gasteiger partial charge in [-0.1, -0.05) is 52.7 Å². The van der Waals surface area contributed by atoms with Gasteiger partial charge in [-0.05, 0) is 53.8 Å². The highest BCUT2D eigenvalue weighted by Gasteiger charge is 2.46. The molecule has 5 rings (SSSR count). The Morgan fingerprint density at radius 3 is 2.66 bits per heavy atom. The maximum Gasteiger partial charge on any atom is 0.296 e. The van der Waals surface area contributed by atoms with Crippen molar-refractivity contribution in [3.63, 3.8) is 0 Å². The van der Waals surface area contributed by atoms with Crippen molar-refractivity contribution in [2.45, 2.75) is 13.0 Å². The second kappa shape index (κ2) is 8.01. The van der Waals surface area contributed by atoms with Crippen LogP contribution in [0.4, 0.5) is 5.13 Å². The van der Waals surface area contributed by atoms with Crippen LogP contribution in [-0.2, 0) is 4.79 Å². The summed E-state index contributed by atoms with van der Waals surface area (Å²) in [5.41, 5.74) is 2.34. The molecule has 0 spiro atoms. The number of carbonyl (C=O) groups excluding carboxylic acids is 2. The van der Waals surface area contributed by atoms with Gasteiger partial charge < -0.3 is 5.11 Å². The molecule has 160 valence electrons. The lowest BCUT2D eigenvalue weighted by Gasteiger charge is -2.24. The molecule has 0 bridgehead atoms. The van der Waals surface area contributed by atoms with Crippen LogP contribution in [0, 0.1) is 6.92 Å². The Bertz CT molecular complexity index is 1430. The number of fused-ring (bicyclic) bond motifs is 1. The number of anilines is 1. The number of rotatable bonds is 4. The number of hydrogen-bond acceptors (Lipinski definition) is 6. The molecule has 0 radical (unpaired) electrons. The molecule has 1 amide bonds. The van der Waals surface area contributed by atoms with Gasteiger partial charge in [-0.25, -0.2) is 4.98 Å². The van der Waals surface area contributed by atoms with Gasteiger partial charge in [0.15, 0.2) is 10.9 Å². The molecule has 32 heavy (non-hydrogen) atoms. The third kappa shape index (κ3) is 3.42. The molecule has 1 atom stereocenters. The molecule has 3 heterocycles. The van der Waals surface area contributed by atoms with E-state index < -0.39 is 23.5 Å². The smallest absolute Gasteiger partial charge is 0.296 e. The van der Waals surface area contributed by atoms with Crippen molar-refractivity contribution in [2.24, 2.45) is 0 Å². The zero-order chi connectivity index (χ0) is 22.6. The third-order valence-corrected chi connectivity index (χ3v) is 7.82. The molecular formula is C23H14Cl2N2O3S2. The molecule has 0 fully saturated rings. The molecular weight excluding hydrogens is 487 g/mol. The number of aryl methyl sites for hydroxylation is 1. The molecule has 4 aromatic rings. The molecule has 1 aliphatic heterocycles. The summed E-state index contributed by atoms with van der Waals surface area (Å²) in [5.74, 6) is -1.69. The molecule has 0 saturated carbocycles. The van der Waals surface area contributed by atoms with E-state index in [0.29, 0.717) is 20.6 Å². The van der Waals surface area contributed by atoms with Gasteiger partial charge in [-0.2, -0.15) is 0 Å². The number of aliphatic hydroxyl groups is 1. The predicted molar refractivity (Wildman–Crippen MR) is 129 cm³/mol. The maximum absolute atomic E-state index is 13.3. The summed E-state index contributed by atoms with van der Waals surface area (Å²) in [6.45, 7) is 1.98. The average Bonchev–Trinajstić information content (AvgIpc) is 3.48. The number of carbonyl (C=O) groups is 2. The van der Waals surface area contributed by atoms with E-state index in [1.54, 1.807) is 35.7 Å². The fraction of sp³-hybridized carbons (Fsp3) is 0.0870. The lowest BCUT2D eigenvalue weighted by atomic mass is 9.95. The van der Waals surface area contributed by atoms with Crippen LogP contribution in [0.25, 0.3) is 10.2 Å². The highest BCUT2D eigenvalue weighted by atomic mass is 35.5. The normalized spacial score (nSPS) is 16.4. The molecule has 0 saturated heterocycles. The van der Waals surface area contributed by atoms with Crippen LogP contribution in [0.5, 0.6) is 0 Å². The van der Waals surface area contributed by atoms with E-state index in [1.807, 2.05) is 25.1 Å². The molecule has 2 aromatic heterocycles. The Kier molecular flexibility index (Phi) is 5.29. The standard InChI is InChI=1S/C23H14Cl2N2O3S2/c1-11-4-7-15-17(9-11)32-23(26-15)27-19(12-5-6-13(24)14(25)10-12)18(21(29)22(27)30)20(28)16-3-2-8-31-16/h2-10,19,29H,1H3/t19-/m0/s1. The minimum Gasteiger partial charge on any atom is -0.503 e. The summed E-state index contributed by atoms with van der Waals surface area (Å²) >= 11 is 14.9. The van der Waals surface area contributed by atoms with E-state index in [-0.39, 0.29) is 10.6 Å². The fourth-order valence-corrected chi connectivity index (χ4v) is 5.77. The van der Waals surface area contributed by atoms with E-state index in [9.17, 15) is 14.7 Å². The van der Waals surface area contributed by atoms with Crippen LogP contribution in [0.2, 0.25) is 10.0 Å². The first-order valence-electron chi connectivity index (χ1n) is 9.52. The number of amides is 1. The Hall–Kier alpha value is -2.71. The summed E-state index contributed by atoms with van der Waals surface area (Å²) in [6.07, 6.45) is 0. The van der Waals surface area contributed by atoms with Crippen LogP contribution in [0.3, 0.4) is 0 Å². The maximum atomic E-state index is 13.3. The second-order valence-electron chi connectivity index (χ2n) is 7.29. The molecule has 1 N–H and O–H groups in total. The number of thiazole rings is 1. The lowest BCUT2D eigenvalue weighted by Crippen LogP contribution is -2.30. The van der Waals surface area contributed by atoms with Crippen LogP contribution in [0.15, 0.2) is 65.2 Å². The molecule has 1 aliphatic rings. The van der Waals surface area contributed by atoms with Gasteiger partial charge in [0.05, 0.1) is 36.8 Å². The van der Waals surface area contributed by atoms with Crippen LogP contribution in [-0.4, -0.2) is 21.8 Å². The number of halogens is 2. The Morgan fingerprint density at radius 1 is 1.12 bits per heavy atom. The first-order chi connectivity index (χ1) is 15.3. The summed E-state index contributed by atoms with van der Waals surface area (Å²) < 4.78 is 0.901. The van der Waals surface area contributed by atoms with Crippen molar-refractivity contribution < 1.29 is 14.7 Å². The van der Waals surface area contributed by atoms with Crippen molar-refractivity contribution in [3.05, 3.63) is 91.3 Å². The molecule has 5 nitrogen and oxygen atoms in total. The van der Waals surface area contributed by atoms with Gasteiger partial charge >= 0.3 is 0 Å². The van der Waals surface area contributed by atoms with Crippen LogP contribution in [0.1, 0.15) is 26.8 Å². The summed E-state index contributed by atoms with van der Waals surface area (Å²) in [4.78, 5) is 33.0. The number of benzene rings is 2. The number of nitrogens with zero attached hydrogens (tertiary/aromatic N) is 2. The van der Waals surface area contributed by atoms with E-state index in [0.717, 1.165) is 15.8 Å². The molecule has 0 aliphatic carbocycles. The van der Waals surface area contributed by atoms with Crippen molar-refractivity contribution in [2.75, 3.05) is 4.90 Å². The monoisotopic (exact) mass is 500 g/mol. The van der Waals surface area contributed by atoms with Crippen molar-refractivity contribution in [3.8, 4) is 0 Å². The number of aliphatic hydroxyl groups excluding tert-OH is 1. The van der Waals surface area contributed by atoms with Gasteiger partial charge in [-0.3, -0.25) is 14.5 Å². The number of ketones is 1. The minimum absolute atomic E-state index is 0.00808. The van der Waals surface area contributed by atoms with Gasteiger partial charge in [0, 0.05) is 0 Å². The van der Waals surface area contributed by atoms with E-state index in [2.05, 4.69) is 4.98 Å². The largest absolute Gasteiger partial charge is 0.503 e. The predicted octanol–water partition coefficient (Wildman–Crippen LogP) is 6.76. The van der Waals surface area contributed by atoms with Crippen LogP contribution >= 0.6 is 45.9 Å². The van der Waals surface area contributed by atoms with Gasteiger partial charge in [0.1, 0.15) is 0 Å². The highest BCUT2D eigenvalue weighted by Crippen LogP contribution is 2.45. The van der Waals surface area contributed by atoms with E-state index in [1.165, 1.54) is 27.6 Å². The second-order valence-corrected chi connectivity index (χ2v) is 10.1. The Morgan fingerprint density at radius 2 is 1.94 bits per heavy atom. The Balaban J connectivity index is 1.70. The number of aromatic nitrogens is 1. The zero-order valence-corrected chi connectivity index (χ0v) is 19.6. The number of Topliss-reactive ketones (excluding diaryl/α,β-unsaturated/α-hetero) is 1. The van der Waals surface area contributed by atoms with Gasteiger partial charge in [0.25, 0.3) is 5.91 Å². The van der Waals surface area contributed by atoms with Crippen molar-refractivity contribution in [1.29, 1.82) is 0 Å². The van der Waals surface area contributed by atoms with Crippen LogP contribution < -0.4 is 4.90 Å². The SMILES string of the molecule is Cc1ccc2nc(N3C(=O)C(O)=C(C(=O)c4cccs4)[C@@H]3c3ccc(Cl)c(Cl)c3)sc2c1. The molecule has 0 unspecified atom stereocenters.